The van der Waals surface area contributed by atoms with Crippen molar-refractivity contribution in [2.24, 2.45) is 5.92 Å². The van der Waals surface area contributed by atoms with E-state index in [0.717, 1.165) is 4.90 Å². The van der Waals surface area contributed by atoms with E-state index in [4.69, 9.17) is 9.84 Å². The third-order valence-corrected chi connectivity index (χ3v) is 3.21. The number of nitrogens with zero attached hydrogens (tertiary/aromatic N) is 1. The van der Waals surface area contributed by atoms with Crippen molar-refractivity contribution in [3.63, 3.8) is 0 Å². The normalized spacial score (nSPS) is 29.9. The van der Waals surface area contributed by atoms with E-state index in [2.05, 4.69) is 0 Å². The summed E-state index contributed by atoms with van der Waals surface area (Å²) in [5, 5.41) is 9.14. The quantitative estimate of drug-likeness (QED) is 0.704. The number of carboxylic acid groups (broad SMARTS) is 1. The Balaban J connectivity index is 2.32. The van der Waals surface area contributed by atoms with Crippen LogP contribution in [0.2, 0.25) is 0 Å². The third-order valence-electron chi connectivity index (χ3n) is 3.21. The number of amides is 2. The van der Waals surface area contributed by atoms with Gasteiger partial charge in [-0.1, -0.05) is 13.8 Å². The zero-order valence-corrected chi connectivity index (χ0v) is 9.75. The lowest BCUT2D eigenvalue weighted by atomic mass is 10.0. The molecule has 3 atom stereocenters. The van der Waals surface area contributed by atoms with Crippen molar-refractivity contribution in [3.05, 3.63) is 0 Å². The van der Waals surface area contributed by atoms with Crippen molar-refractivity contribution in [1.29, 1.82) is 0 Å². The fraction of sp³-hybridized carbons (Fsp3) is 0.727. The molecule has 17 heavy (non-hydrogen) atoms. The first-order valence-electron chi connectivity index (χ1n) is 5.68. The van der Waals surface area contributed by atoms with Crippen LogP contribution in [0.4, 0.5) is 0 Å². The summed E-state index contributed by atoms with van der Waals surface area (Å²) in [6.45, 7) is 3.35. The lowest BCUT2D eigenvalue weighted by molar-refractivity contribution is -0.177. The molecule has 0 aromatic heterocycles. The Hall–Kier alpha value is -1.43. The maximum atomic E-state index is 12.0. The largest absolute Gasteiger partial charge is 0.480 e. The van der Waals surface area contributed by atoms with E-state index >= 15 is 0 Å². The molecule has 2 rings (SSSR count). The van der Waals surface area contributed by atoms with E-state index in [0.29, 0.717) is 12.8 Å². The van der Waals surface area contributed by atoms with Crippen LogP contribution in [0.5, 0.6) is 0 Å². The first-order valence-corrected chi connectivity index (χ1v) is 5.68. The van der Waals surface area contributed by atoms with Crippen molar-refractivity contribution in [3.8, 4) is 0 Å². The predicted octanol–water partition coefficient (Wildman–Crippen LogP) is 0.0120. The molecule has 0 radical (unpaired) electrons. The topological polar surface area (TPSA) is 83.9 Å². The molecule has 0 aromatic rings. The van der Waals surface area contributed by atoms with Gasteiger partial charge >= 0.3 is 5.97 Å². The molecule has 0 saturated carbocycles. The Kier molecular flexibility index (Phi) is 2.91. The van der Waals surface area contributed by atoms with Gasteiger partial charge in [0, 0.05) is 0 Å². The summed E-state index contributed by atoms with van der Waals surface area (Å²) in [5.74, 6) is -2.49. The average molecular weight is 241 g/mol. The molecular formula is C11H15NO5. The predicted molar refractivity (Wildman–Crippen MR) is 56.0 cm³/mol. The maximum absolute atomic E-state index is 12.0. The van der Waals surface area contributed by atoms with Crippen LogP contribution in [-0.4, -0.2) is 46.0 Å². The second-order valence-electron chi connectivity index (χ2n) is 4.76. The zero-order chi connectivity index (χ0) is 12.7. The van der Waals surface area contributed by atoms with Gasteiger partial charge in [-0.2, -0.15) is 0 Å². The van der Waals surface area contributed by atoms with Crippen LogP contribution in [0, 0.1) is 5.92 Å². The van der Waals surface area contributed by atoms with Crippen LogP contribution in [-0.2, 0) is 19.1 Å². The van der Waals surface area contributed by atoms with Gasteiger partial charge in [0.1, 0.15) is 18.2 Å². The smallest absolute Gasteiger partial charge is 0.327 e. The van der Waals surface area contributed by atoms with Crippen molar-refractivity contribution in [1.82, 2.24) is 4.90 Å². The highest BCUT2D eigenvalue weighted by molar-refractivity contribution is 6.05. The average Bonchev–Trinajstić information content (AvgIpc) is 2.67. The second kappa shape index (κ2) is 4.10. The number of likely N-dealkylation sites (tertiary alicyclic amines) is 1. The van der Waals surface area contributed by atoms with Gasteiger partial charge in [-0.25, -0.2) is 4.79 Å². The fourth-order valence-corrected chi connectivity index (χ4v) is 2.39. The molecule has 2 aliphatic rings. The van der Waals surface area contributed by atoms with Crippen molar-refractivity contribution in [2.45, 2.75) is 44.9 Å². The van der Waals surface area contributed by atoms with Gasteiger partial charge in [0.15, 0.2) is 0 Å². The lowest BCUT2D eigenvalue weighted by Gasteiger charge is -2.35. The maximum Gasteiger partial charge on any atom is 0.327 e. The van der Waals surface area contributed by atoms with Crippen molar-refractivity contribution in [2.75, 3.05) is 0 Å². The molecule has 2 amide bonds. The lowest BCUT2D eigenvalue weighted by Crippen LogP contribution is -2.59. The molecule has 0 aromatic carbocycles. The monoisotopic (exact) mass is 241 g/mol. The van der Waals surface area contributed by atoms with E-state index in [1.165, 1.54) is 0 Å². The summed E-state index contributed by atoms with van der Waals surface area (Å²) in [6, 6.07) is -1.10. The Labute approximate surface area is 98.5 Å². The molecule has 2 aliphatic heterocycles. The summed E-state index contributed by atoms with van der Waals surface area (Å²) < 4.78 is 5.23. The molecular weight excluding hydrogens is 226 g/mol. The summed E-state index contributed by atoms with van der Waals surface area (Å²) in [6.07, 6.45) is -0.289. The van der Waals surface area contributed by atoms with E-state index in [-0.39, 0.29) is 5.92 Å². The Morgan fingerprint density at radius 3 is 2.12 bits per heavy atom. The SMILES string of the molecule is CC(C)C(C(=O)O)N1C(=O)C2CCC(O2)C1=O. The standard InChI is InChI=1S/C11H15NO5/c1-5(2)8(11(15)16)12-9(13)6-3-4-7(17-6)10(12)14/h5-8H,3-4H2,1-2H3,(H,15,16). The van der Waals surface area contributed by atoms with Gasteiger partial charge < -0.3 is 9.84 Å². The van der Waals surface area contributed by atoms with E-state index < -0.39 is 36.0 Å². The van der Waals surface area contributed by atoms with Gasteiger partial charge in [-0.3, -0.25) is 14.5 Å². The fourth-order valence-electron chi connectivity index (χ4n) is 2.39. The number of carboxylic acids is 1. The molecule has 2 fully saturated rings. The van der Waals surface area contributed by atoms with E-state index in [1.807, 2.05) is 0 Å². The summed E-state index contributed by atoms with van der Waals surface area (Å²) in [7, 11) is 0. The number of imide groups is 1. The molecule has 0 aliphatic carbocycles. The Morgan fingerprint density at radius 2 is 1.76 bits per heavy atom. The highest BCUT2D eigenvalue weighted by Crippen LogP contribution is 2.30. The number of hydrogen-bond donors (Lipinski definition) is 1. The molecule has 6 nitrogen and oxygen atoms in total. The number of carbonyl (C=O) groups excluding carboxylic acids is 2. The first kappa shape index (κ1) is 12.0. The van der Waals surface area contributed by atoms with E-state index in [1.54, 1.807) is 13.8 Å². The van der Waals surface area contributed by atoms with Crippen LogP contribution in [0.15, 0.2) is 0 Å². The van der Waals surface area contributed by atoms with Crippen molar-refractivity contribution >= 4 is 17.8 Å². The molecule has 2 bridgehead atoms. The number of carbonyl (C=O) groups is 3. The van der Waals surface area contributed by atoms with Crippen molar-refractivity contribution < 1.29 is 24.2 Å². The molecule has 94 valence electrons. The molecule has 2 saturated heterocycles. The van der Waals surface area contributed by atoms with Crippen LogP contribution in [0.25, 0.3) is 0 Å². The number of ether oxygens (including phenoxy) is 1. The third kappa shape index (κ3) is 1.82. The highest BCUT2D eigenvalue weighted by atomic mass is 16.5. The number of rotatable bonds is 3. The minimum Gasteiger partial charge on any atom is -0.480 e. The van der Waals surface area contributed by atoms with Gasteiger partial charge in [-0.15, -0.1) is 0 Å². The van der Waals surface area contributed by atoms with Crippen LogP contribution >= 0.6 is 0 Å². The second-order valence-corrected chi connectivity index (χ2v) is 4.76. The number of fused-ring (bicyclic) bond motifs is 2. The highest BCUT2D eigenvalue weighted by Gasteiger charge is 2.50. The molecule has 1 N–H and O–H groups in total. The number of morpholine rings is 1. The zero-order valence-electron chi connectivity index (χ0n) is 9.75. The summed E-state index contributed by atoms with van der Waals surface area (Å²) in [4.78, 5) is 36.0. The summed E-state index contributed by atoms with van der Waals surface area (Å²) >= 11 is 0. The van der Waals surface area contributed by atoms with E-state index in [9.17, 15) is 14.4 Å². The molecule has 0 spiro atoms. The van der Waals surface area contributed by atoms with Gasteiger partial charge in [0.05, 0.1) is 0 Å². The molecule has 6 heteroatoms. The number of aliphatic carboxylic acids is 1. The first-order chi connectivity index (χ1) is 7.93. The van der Waals surface area contributed by atoms with Gasteiger partial charge in [-0.05, 0) is 18.8 Å². The summed E-state index contributed by atoms with van der Waals surface area (Å²) in [5.41, 5.74) is 0. The minimum absolute atomic E-state index is 0.321. The van der Waals surface area contributed by atoms with Crippen LogP contribution in [0.1, 0.15) is 26.7 Å². The number of hydrogen-bond acceptors (Lipinski definition) is 4. The Bertz CT molecular complexity index is 356. The molecule has 2 heterocycles. The minimum atomic E-state index is -1.15. The van der Waals surface area contributed by atoms with Gasteiger partial charge in [0.2, 0.25) is 0 Å². The Morgan fingerprint density at radius 1 is 1.29 bits per heavy atom. The van der Waals surface area contributed by atoms with Crippen LogP contribution in [0.3, 0.4) is 0 Å². The molecule has 3 unspecified atom stereocenters. The van der Waals surface area contributed by atoms with Crippen LogP contribution < -0.4 is 0 Å². The van der Waals surface area contributed by atoms with Gasteiger partial charge in [0.25, 0.3) is 11.8 Å².